The summed E-state index contributed by atoms with van der Waals surface area (Å²) in [4.78, 5) is 12.7. The molecule has 2 aromatic carbocycles. The molecule has 2 aromatic rings. The van der Waals surface area contributed by atoms with Gasteiger partial charge in [-0.1, -0.05) is 17.7 Å². The Hall–Kier alpha value is -2.65. The highest BCUT2D eigenvalue weighted by Gasteiger charge is 2.30. The molecule has 1 N–H and O–H groups in total. The largest absolute Gasteiger partial charge is 0.492 e. The number of rotatable bonds is 8. The van der Waals surface area contributed by atoms with E-state index < -0.39 is 22.0 Å². The fourth-order valence-corrected chi connectivity index (χ4v) is 4.47. The normalized spacial score (nSPS) is 13.9. The minimum Gasteiger partial charge on any atom is -0.492 e. The third-order valence-corrected chi connectivity index (χ3v) is 6.33. The van der Waals surface area contributed by atoms with Crippen molar-refractivity contribution in [2.24, 2.45) is 0 Å². The summed E-state index contributed by atoms with van der Waals surface area (Å²) in [5.41, 5.74) is 1.26. The van der Waals surface area contributed by atoms with Crippen LogP contribution in [0.3, 0.4) is 0 Å². The number of anilines is 1. The zero-order chi connectivity index (χ0) is 22.6. The van der Waals surface area contributed by atoms with Gasteiger partial charge in [-0.2, -0.15) is 0 Å². The summed E-state index contributed by atoms with van der Waals surface area (Å²) in [6.07, 6.45) is 1.05. The quantitative estimate of drug-likeness (QED) is 0.599. The summed E-state index contributed by atoms with van der Waals surface area (Å²) in [6, 6.07) is 9.13. The Bertz CT molecular complexity index is 1060. The highest BCUT2D eigenvalue weighted by molar-refractivity contribution is 7.92. The highest BCUT2D eigenvalue weighted by atomic mass is 35.5. The van der Waals surface area contributed by atoms with Crippen LogP contribution in [0.25, 0.3) is 0 Å². The summed E-state index contributed by atoms with van der Waals surface area (Å²) in [5, 5.41) is 3.30. The molecule has 1 aliphatic rings. The number of fused-ring (bicyclic) bond motifs is 1. The third-order valence-electron chi connectivity index (χ3n) is 4.68. The van der Waals surface area contributed by atoms with Crippen LogP contribution in [0, 0.1) is 6.92 Å². The summed E-state index contributed by atoms with van der Waals surface area (Å²) < 4.78 is 42.6. The topological polar surface area (TPSA) is 94.2 Å². The number of hydrogen-bond acceptors (Lipinski definition) is 6. The van der Waals surface area contributed by atoms with Crippen LogP contribution in [-0.2, 0) is 14.8 Å². The standard InChI is InChI=1S/C21H25ClN2O6S/c1-14-4-6-17(13-18(14)22)28-9-8-23-21(25)15(2)24(31(3,26)27)16-5-7-19-20(12-16)30-11-10-29-19/h4-7,12-13,15H,8-11H2,1-3H3,(H,23,25). The van der Waals surface area contributed by atoms with Gasteiger partial charge in [0.1, 0.15) is 31.6 Å². The molecule has 0 fully saturated rings. The molecule has 168 valence electrons. The molecule has 1 unspecified atom stereocenters. The van der Waals surface area contributed by atoms with Gasteiger partial charge in [0.2, 0.25) is 15.9 Å². The van der Waals surface area contributed by atoms with E-state index in [1.807, 2.05) is 13.0 Å². The molecular formula is C21H25ClN2O6S. The lowest BCUT2D eigenvalue weighted by molar-refractivity contribution is -0.121. The van der Waals surface area contributed by atoms with E-state index >= 15 is 0 Å². The number of benzene rings is 2. The fourth-order valence-electron chi connectivity index (χ4n) is 3.13. The number of sulfonamides is 1. The van der Waals surface area contributed by atoms with Gasteiger partial charge < -0.3 is 19.5 Å². The van der Waals surface area contributed by atoms with Gasteiger partial charge >= 0.3 is 0 Å². The maximum Gasteiger partial charge on any atom is 0.243 e. The van der Waals surface area contributed by atoms with E-state index in [1.165, 1.54) is 6.92 Å². The Labute approximate surface area is 187 Å². The second-order valence-electron chi connectivity index (χ2n) is 7.11. The van der Waals surface area contributed by atoms with Crippen molar-refractivity contribution in [2.75, 3.05) is 36.9 Å². The maximum atomic E-state index is 12.7. The number of hydrogen-bond donors (Lipinski definition) is 1. The molecular weight excluding hydrogens is 444 g/mol. The van der Waals surface area contributed by atoms with Crippen molar-refractivity contribution in [1.82, 2.24) is 5.32 Å². The van der Waals surface area contributed by atoms with Crippen LogP contribution in [-0.4, -0.2) is 53.0 Å². The molecule has 0 spiro atoms. The van der Waals surface area contributed by atoms with Crippen molar-refractivity contribution >= 4 is 33.2 Å². The van der Waals surface area contributed by atoms with Gasteiger partial charge in [0.05, 0.1) is 18.5 Å². The average molecular weight is 469 g/mol. The Morgan fingerprint density at radius 2 is 1.90 bits per heavy atom. The first-order valence-electron chi connectivity index (χ1n) is 9.72. The van der Waals surface area contributed by atoms with Gasteiger partial charge in [-0.15, -0.1) is 0 Å². The predicted octanol–water partition coefficient (Wildman–Crippen LogP) is 2.77. The molecule has 0 saturated carbocycles. The number of amides is 1. The van der Waals surface area contributed by atoms with Crippen LogP contribution < -0.4 is 23.8 Å². The molecule has 31 heavy (non-hydrogen) atoms. The van der Waals surface area contributed by atoms with Crippen LogP contribution in [0.15, 0.2) is 36.4 Å². The van der Waals surface area contributed by atoms with Crippen LogP contribution in [0.5, 0.6) is 17.2 Å². The number of carbonyl (C=O) groups is 1. The minimum absolute atomic E-state index is 0.202. The molecule has 10 heteroatoms. The predicted molar refractivity (Wildman–Crippen MR) is 119 cm³/mol. The highest BCUT2D eigenvalue weighted by Crippen LogP contribution is 2.35. The Kier molecular flexibility index (Phi) is 7.17. The van der Waals surface area contributed by atoms with Crippen LogP contribution in [0.4, 0.5) is 5.69 Å². The Morgan fingerprint density at radius 1 is 1.19 bits per heavy atom. The summed E-state index contributed by atoms with van der Waals surface area (Å²) in [7, 11) is -3.74. The number of nitrogens with zero attached hydrogens (tertiary/aromatic N) is 1. The van der Waals surface area contributed by atoms with Gasteiger partial charge in [0.15, 0.2) is 11.5 Å². The molecule has 8 nitrogen and oxygen atoms in total. The number of carbonyl (C=O) groups excluding carboxylic acids is 1. The average Bonchev–Trinajstić information content (AvgIpc) is 2.72. The first kappa shape index (κ1) is 23.0. The van der Waals surface area contributed by atoms with Crippen LogP contribution in [0.1, 0.15) is 12.5 Å². The van der Waals surface area contributed by atoms with Crippen molar-refractivity contribution < 1.29 is 27.4 Å². The van der Waals surface area contributed by atoms with Crippen LogP contribution in [0.2, 0.25) is 5.02 Å². The monoisotopic (exact) mass is 468 g/mol. The number of aryl methyl sites for hydroxylation is 1. The molecule has 0 bridgehead atoms. The SMILES string of the molecule is Cc1ccc(OCCNC(=O)C(C)N(c2ccc3c(c2)OCCO3)S(C)(=O)=O)cc1Cl. The second kappa shape index (κ2) is 9.65. The zero-order valence-electron chi connectivity index (χ0n) is 17.6. The summed E-state index contributed by atoms with van der Waals surface area (Å²) >= 11 is 6.07. The lowest BCUT2D eigenvalue weighted by Gasteiger charge is -2.29. The van der Waals surface area contributed by atoms with E-state index in [-0.39, 0.29) is 13.2 Å². The minimum atomic E-state index is -3.74. The molecule has 1 atom stereocenters. The van der Waals surface area contributed by atoms with E-state index in [2.05, 4.69) is 5.32 Å². The van der Waals surface area contributed by atoms with Gasteiger partial charge in [0, 0.05) is 11.1 Å². The summed E-state index contributed by atoms with van der Waals surface area (Å²) in [5.74, 6) is 1.11. The van der Waals surface area contributed by atoms with Gasteiger partial charge in [0.25, 0.3) is 0 Å². The number of halogens is 1. The van der Waals surface area contributed by atoms with Crippen molar-refractivity contribution in [1.29, 1.82) is 0 Å². The summed E-state index contributed by atoms with van der Waals surface area (Å²) in [6.45, 7) is 4.63. The van der Waals surface area contributed by atoms with Crippen molar-refractivity contribution in [3.63, 3.8) is 0 Å². The van der Waals surface area contributed by atoms with E-state index in [4.69, 9.17) is 25.8 Å². The van der Waals surface area contributed by atoms with Crippen molar-refractivity contribution in [2.45, 2.75) is 19.9 Å². The molecule has 1 amide bonds. The molecule has 0 radical (unpaired) electrons. The van der Waals surface area contributed by atoms with Gasteiger partial charge in [-0.25, -0.2) is 8.42 Å². The third kappa shape index (κ3) is 5.74. The molecule has 3 rings (SSSR count). The van der Waals surface area contributed by atoms with E-state index in [9.17, 15) is 13.2 Å². The first-order valence-corrected chi connectivity index (χ1v) is 11.9. The van der Waals surface area contributed by atoms with E-state index in [0.29, 0.717) is 41.2 Å². The first-order chi connectivity index (χ1) is 14.7. The second-order valence-corrected chi connectivity index (χ2v) is 9.38. The van der Waals surface area contributed by atoms with Gasteiger partial charge in [-0.3, -0.25) is 9.10 Å². The number of ether oxygens (including phenoxy) is 3. The molecule has 1 heterocycles. The Morgan fingerprint density at radius 3 is 2.58 bits per heavy atom. The van der Waals surface area contributed by atoms with E-state index in [1.54, 1.807) is 30.3 Å². The van der Waals surface area contributed by atoms with Crippen molar-refractivity contribution in [3.05, 3.63) is 47.0 Å². The molecule has 1 aliphatic heterocycles. The van der Waals surface area contributed by atoms with Gasteiger partial charge in [-0.05, 0) is 43.7 Å². The molecule has 0 aliphatic carbocycles. The smallest absolute Gasteiger partial charge is 0.243 e. The van der Waals surface area contributed by atoms with Crippen LogP contribution >= 0.6 is 11.6 Å². The number of nitrogens with one attached hydrogen (secondary N) is 1. The fraction of sp³-hybridized carbons (Fsp3) is 0.381. The molecule has 0 aromatic heterocycles. The Balaban J connectivity index is 1.64. The van der Waals surface area contributed by atoms with E-state index in [0.717, 1.165) is 16.1 Å². The molecule has 0 saturated heterocycles. The van der Waals surface area contributed by atoms with Crippen molar-refractivity contribution in [3.8, 4) is 17.2 Å². The lowest BCUT2D eigenvalue weighted by Crippen LogP contribution is -2.48. The lowest BCUT2D eigenvalue weighted by atomic mass is 10.2. The maximum absolute atomic E-state index is 12.7. The zero-order valence-corrected chi connectivity index (χ0v) is 19.1.